The molecule has 88 valence electrons. The van der Waals surface area contributed by atoms with Gasteiger partial charge in [-0.2, -0.15) is 0 Å². The number of benzene rings is 1. The molecular weight excluding hydrogens is 238 g/mol. The Morgan fingerprint density at radius 3 is 2.50 bits per heavy atom. The highest BCUT2D eigenvalue weighted by molar-refractivity contribution is 5.85. The van der Waals surface area contributed by atoms with Crippen molar-refractivity contribution in [3.05, 3.63) is 17.7 Å². The molecule has 0 aromatic heterocycles. The molecule has 1 aliphatic heterocycles. The van der Waals surface area contributed by atoms with Crippen LogP contribution in [0.4, 0.5) is 4.79 Å². The van der Waals surface area contributed by atoms with Crippen molar-refractivity contribution >= 4 is 18.5 Å². The minimum atomic E-state index is -0.603. The predicted molar refractivity (Wildman–Crippen MR) is 55.9 cm³/mol. The molecule has 0 aliphatic carbocycles. The Kier molecular flexibility index (Phi) is 3.34. The summed E-state index contributed by atoms with van der Waals surface area (Å²) >= 11 is 0. The normalized spacial score (nSPS) is 18.5. The lowest BCUT2D eigenvalue weighted by molar-refractivity contribution is 0.176. The first-order valence-corrected chi connectivity index (χ1v) is 4.26. The molecule has 1 aromatic carbocycles. The second-order valence-electron chi connectivity index (χ2n) is 3.17. The fourth-order valence-electron chi connectivity index (χ4n) is 1.42. The maximum absolute atomic E-state index is 10.8. The number of cyclic esters (lactones) is 1. The van der Waals surface area contributed by atoms with E-state index in [0.29, 0.717) is 5.56 Å². The molecule has 1 aromatic rings. The van der Waals surface area contributed by atoms with E-state index >= 15 is 0 Å². The van der Waals surface area contributed by atoms with Crippen LogP contribution in [0.25, 0.3) is 0 Å². The van der Waals surface area contributed by atoms with Crippen molar-refractivity contribution in [2.24, 2.45) is 0 Å². The number of hydrogen-bond donors (Lipinski definition) is 4. The molecule has 4 N–H and O–H groups in total. The lowest BCUT2D eigenvalue weighted by Gasteiger charge is -2.11. The number of nitrogens with one attached hydrogen (secondary N) is 1. The van der Waals surface area contributed by atoms with Crippen molar-refractivity contribution in [1.82, 2.24) is 5.32 Å². The van der Waals surface area contributed by atoms with Gasteiger partial charge in [0.1, 0.15) is 6.61 Å². The number of carbonyl (C=O) groups excluding carboxylic acids is 1. The van der Waals surface area contributed by atoms with E-state index in [0.717, 1.165) is 0 Å². The molecule has 0 spiro atoms. The second kappa shape index (κ2) is 4.36. The first-order valence-electron chi connectivity index (χ1n) is 4.26. The molecule has 6 nitrogen and oxygen atoms in total. The van der Waals surface area contributed by atoms with Crippen LogP contribution in [0, 0.1) is 0 Å². The molecule has 2 rings (SSSR count). The molecule has 1 aliphatic rings. The number of alkyl carbamates (subject to hydrolysis) is 1. The average Bonchev–Trinajstić information content (AvgIpc) is 2.61. The fraction of sp³-hybridized carbons (Fsp3) is 0.222. The maximum atomic E-state index is 10.8. The van der Waals surface area contributed by atoms with Gasteiger partial charge in [0.15, 0.2) is 11.5 Å². The highest BCUT2D eigenvalue weighted by Gasteiger charge is 2.27. The number of amides is 1. The second-order valence-corrected chi connectivity index (χ2v) is 3.17. The van der Waals surface area contributed by atoms with E-state index in [1.807, 2.05) is 0 Å². The van der Waals surface area contributed by atoms with Gasteiger partial charge in [0.25, 0.3) is 0 Å². The molecule has 1 amide bonds. The summed E-state index contributed by atoms with van der Waals surface area (Å²) < 4.78 is 4.64. The van der Waals surface area contributed by atoms with E-state index in [-0.39, 0.29) is 19.0 Å². The average molecular weight is 248 g/mol. The molecule has 0 unspecified atom stereocenters. The van der Waals surface area contributed by atoms with Crippen molar-refractivity contribution < 1.29 is 24.9 Å². The van der Waals surface area contributed by atoms with Gasteiger partial charge in [0.2, 0.25) is 5.75 Å². The Morgan fingerprint density at radius 1 is 1.25 bits per heavy atom. The standard InChI is InChI=1S/C9H9NO5.ClH/c11-6-2-1-4(7(12)8(6)13)5-3-15-9(14)10-5;/h1-2,5,11-13H,3H2,(H,10,14);1H/t5-;/m0./s1. The number of halogens is 1. The Hall–Kier alpha value is -1.82. The minimum Gasteiger partial charge on any atom is -0.504 e. The molecule has 7 heteroatoms. The van der Waals surface area contributed by atoms with Gasteiger partial charge < -0.3 is 25.4 Å². The maximum Gasteiger partial charge on any atom is 0.407 e. The summed E-state index contributed by atoms with van der Waals surface area (Å²) in [4.78, 5) is 10.8. The molecule has 0 saturated carbocycles. The van der Waals surface area contributed by atoms with Crippen molar-refractivity contribution in [3.8, 4) is 17.2 Å². The number of rotatable bonds is 1. The lowest BCUT2D eigenvalue weighted by Crippen LogP contribution is -2.18. The van der Waals surface area contributed by atoms with E-state index in [1.165, 1.54) is 12.1 Å². The van der Waals surface area contributed by atoms with Gasteiger partial charge in [0, 0.05) is 5.56 Å². The van der Waals surface area contributed by atoms with Gasteiger partial charge in [-0.1, -0.05) is 0 Å². The highest BCUT2D eigenvalue weighted by Crippen LogP contribution is 2.40. The van der Waals surface area contributed by atoms with Crippen LogP contribution < -0.4 is 5.32 Å². The van der Waals surface area contributed by atoms with Crippen molar-refractivity contribution in [2.75, 3.05) is 6.61 Å². The van der Waals surface area contributed by atoms with Crippen molar-refractivity contribution in [2.45, 2.75) is 6.04 Å². The van der Waals surface area contributed by atoms with Crippen LogP contribution in [0.1, 0.15) is 11.6 Å². The number of phenolic OH excluding ortho intramolecular Hbond substituents is 3. The summed E-state index contributed by atoms with van der Waals surface area (Å²) in [6.07, 6.45) is -0.577. The molecule has 16 heavy (non-hydrogen) atoms. The van der Waals surface area contributed by atoms with Gasteiger partial charge in [-0.05, 0) is 12.1 Å². The molecule has 1 fully saturated rings. The van der Waals surface area contributed by atoms with Gasteiger partial charge in [0.05, 0.1) is 6.04 Å². The smallest absolute Gasteiger partial charge is 0.407 e. The Labute approximate surface area is 96.9 Å². The number of aromatic hydroxyl groups is 3. The summed E-state index contributed by atoms with van der Waals surface area (Å²) in [6, 6.07) is 2.13. The summed E-state index contributed by atoms with van der Waals surface area (Å²) in [7, 11) is 0. The summed E-state index contributed by atoms with van der Waals surface area (Å²) in [5.41, 5.74) is 0.302. The van der Waals surface area contributed by atoms with E-state index in [9.17, 15) is 15.0 Å². The first kappa shape index (κ1) is 12.3. The molecule has 1 atom stereocenters. The van der Waals surface area contributed by atoms with Crippen LogP contribution in [-0.2, 0) is 4.74 Å². The number of ether oxygens (including phenoxy) is 1. The Balaban J connectivity index is 0.00000128. The van der Waals surface area contributed by atoms with Gasteiger partial charge >= 0.3 is 6.09 Å². The Morgan fingerprint density at radius 2 is 1.94 bits per heavy atom. The lowest BCUT2D eigenvalue weighted by atomic mass is 10.1. The minimum absolute atomic E-state index is 0. The molecular formula is C9H10ClNO5. The van der Waals surface area contributed by atoms with E-state index in [4.69, 9.17) is 5.11 Å². The quantitative estimate of drug-likeness (QED) is 0.555. The largest absolute Gasteiger partial charge is 0.504 e. The summed E-state index contributed by atoms with van der Waals surface area (Å²) in [5.74, 6) is -1.47. The summed E-state index contributed by atoms with van der Waals surface area (Å²) in [5, 5.41) is 30.3. The molecule has 1 heterocycles. The van der Waals surface area contributed by atoms with Crippen LogP contribution in [0.3, 0.4) is 0 Å². The van der Waals surface area contributed by atoms with Crippen molar-refractivity contribution in [3.63, 3.8) is 0 Å². The zero-order valence-corrected chi connectivity index (χ0v) is 8.82. The zero-order valence-electron chi connectivity index (χ0n) is 8.01. The van der Waals surface area contributed by atoms with Crippen LogP contribution >= 0.6 is 12.4 Å². The number of hydrogen-bond acceptors (Lipinski definition) is 5. The predicted octanol–water partition coefficient (Wildman–Crippen LogP) is 1.01. The van der Waals surface area contributed by atoms with Crippen molar-refractivity contribution in [1.29, 1.82) is 0 Å². The molecule has 0 radical (unpaired) electrons. The third-order valence-electron chi connectivity index (χ3n) is 2.21. The van der Waals surface area contributed by atoms with Gasteiger partial charge in [-0.15, -0.1) is 12.4 Å². The number of phenols is 3. The fourth-order valence-corrected chi connectivity index (χ4v) is 1.42. The van der Waals surface area contributed by atoms with E-state index in [2.05, 4.69) is 10.1 Å². The van der Waals surface area contributed by atoms with Crippen LogP contribution in [-0.4, -0.2) is 28.0 Å². The summed E-state index contributed by atoms with van der Waals surface area (Å²) in [6.45, 7) is 0.0800. The van der Waals surface area contributed by atoms with E-state index in [1.54, 1.807) is 0 Å². The molecule has 0 bridgehead atoms. The van der Waals surface area contributed by atoms with Gasteiger partial charge in [-0.3, -0.25) is 0 Å². The van der Waals surface area contributed by atoms with Gasteiger partial charge in [-0.25, -0.2) is 4.79 Å². The van der Waals surface area contributed by atoms with E-state index < -0.39 is 29.4 Å². The molecule has 1 saturated heterocycles. The topological polar surface area (TPSA) is 99.0 Å². The SMILES string of the molecule is Cl.O=C1N[C@H](c2ccc(O)c(O)c2O)CO1. The van der Waals surface area contributed by atoms with Crippen LogP contribution in [0.2, 0.25) is 0 Å². The Bertz CT molecular complexity index is 423. The number of carbonyl (C=O) groups is 1. The third kappa shape index (κ3) is 1.92. The third-order valence-corrected chi connectivity index (χ3v) is 2.21. The monoisotopic (exact) mass is 247 g/mol. The van der Waals surface area contributed by atoms with Crippen LogP contribution in [0.5, 0.6) is 17.2 Å². The first-order chi connectivity index (χ1) is 7.09. The zero-order chi connectivity index (χ0) is 11.0. The highest BCUT2D eigenvalue weighted by atomic mass is 35.5. The van der Waals surface area contributed by atoms with Crippen LogP contribution in [0.15, 0.2) is 12.1 Å².